The second-order valence-corrected chi connectivity index (χ2v) is 11.4. The van der Waals surface area contributed by atoms with Crippen molar-refractivity contribution in [2.45, 2.75) is 0 Å². The minimum atomic E-state index is -2.72. The maximum atomic E-state index is 8.09. The van der Waals surface area contributed by atoms with E-state index < -0.39 is 18.4 Å². The van der Waals surface area contributed by atoms with Crippen LogP contribution in [0.4, 0.5) is 0 Å². The number of nitriles is 12. The molecule has 0 saturated carbocycles. The fourth-order valence-electron chi connectivity index (χ4n) is 3.61. The molecular formula is C42H24B3CoN18. The van der Waals surface area contributed by atoms with Crippen molar-refractivity contribution in [1.29, 1.82) is 63.1 Å². The Morgan fingerprint density at radius 2 is 0.359 bits per heavy atom. The van der Waals surface area contributed by atoms with Crippen LogP contribution in [0.2, 0.25) is 0 Å². The molecule has 0 aliphatic heterocycles. The van der Waals surface area contributed by atoms with Crippen molar-refractivity contribution in [3.63, 3.8) is 0 Å². The van der Waals surface area contributed by atoms with Gasteiger partial charge >= 0.3 is 35.2 Å². The van der Waals surface area contributed by atoms with Crippen LogP contribution in [0.1, 0.15) is 0 Å². The van der Waals surface area contributed by atoms with E-state index in [2.05, 4.69) is 29.9 Å². The van der Waals surface area contributed by atoms with E-state index in [1.807, 2.05) is 109 Å². The molecule has 64 heavy (non-hydrogen) atoms. The second kappa shape index (κ2) is 30.5. The van der Waals surface area contributed by atoms with Crippen LogP contribution in [-0.4, -0.2) is 48.3 Å². The fourth-order valence-corrected chi connectivity index (χ4v) is 3.61. The number of hydrogen-bond donors (Lipinski definition) is 0. The molecule has 6 rings (SSSR count). The summed E-state index contributed by atoms with van der Waals surface area (Å²) in [7, 11) is 0. The van der Waals surface area contributed by atoms with Crippen LogP contribution in [0.3, 0.4) is 0 Å². The Balaban J connectivity index is 0.000000747. The third-order valence-electron chi connectivity index (χ3n) is 7.10. The summed E-state index contributed by atoms with van der Waals surface area (Å²) >= 11 is 0. The molecule has 0 N–H and O–H groups in total. The van der Waals surface area contributed by atoms with E-state index in [1.54, 1.807) is 37.2 Å². The van der Waals surface area contributed by atoms with Crippen LogP contribution < -0.4 is 0 Å². The zero-order valence-electron chi connectivity index (χ0n) is 33.0. The normalized spacial score (nSPS) is 8.62. The molecule has 0 aliphatic rings. The van der Waals surface area contributed by atoms with Gasteiger partial charge in [0.1, 0.15) is 0 Å². The van der Waals surface area contributed by atoms with Gasteiger partial charge in [-0.05, 0) is 72.8 Å². The van der Waals surface area contributed by atoms with E-state index >= 15 is 0 Å². The molecule has 0 aliphatic carbocycles. The number of pyridine rings is 6. The minimum absolute atomic E-state index is 0. The molecule has 0 amide bonds. The number of aromatic nitrogens is 6. The SMILES string of the molecule is N#C[B-](C#N)(C#N)C#N.N#C[B-](C#N)(C#N)C#N.N#C[B-](C#N)(C#N)C#N.[Co+3].c1ccc(-c2ccccn2)nc1.c1ccc(-c2ccccn2)nc1.c1ccc(-c2ccccn2)nc1. The first-order chi connectivity index (χ1) is 30.6. The van der Waals surface area contributed by atoms with Gasteiger partial charge < -0.3 is 0 Å². The van der Waals surface area contributed by atoms with Crippen molar-refractivity contribution >= 4 is 18.4 Å². The Hall–Kier alpha value is -10.5. The summed E-state index contributed by atoms with van der Waals surface area (Å²) < 4.78 is 0. The quantitative estimate of drug-likeness (QED) is 0.198. The molecule has 0 spiro atoms. The van der Waals surface area contributed by atoms with E-state index in [4.69, 9.17) is 63.1 Å². The molecule has 18 nitrogen and oxygen atoms in total. The Morgan fingerprint density at radius 3 is 0.422 bits per heavy atom. The summed E-state index contributed by atoms with van der Waals surface area (Å²) in [6.45, 7) is 0. The second-order valence-electron chi connectivity index (χ2n) is 11.4. The van der Waals surface area contributed by atoms with Gasteiger partial charge in [0, 0.05) is 37.2 Å². The molecule has 6 aromatic heterocycles. The molecular weight excluding hydrogens is 848 g/mol. The molecule has 0 unspecified atom stereocenters. The fraction of sp³-hybridized carbons (Fsp3) is 0. The number of hydrogen-bond acceptors (Lipinski definition) is 18. The van der Waals surface area contributed by atoms with Crippen molar-refractivity contribution in [3.05, 3.63) is 146 Å². The van der Waals surface area contributed by atoms with Gasteiger partial charge in [0.05, 0.1) is 34.2 Å². The molecule has 0 aromatic carbocycles. The smallest absolute Gasteiger partial charge is 0.255 e. The van der Waals surface area contributed by atoms with E-state index in [0.29, 0.717) is 0 Å². The van der Waals surface area contributed by atoms with Crippen LogP contribution >= 0.6 is 0 Å². The molecule has 6 heterocycles. The average Bonchev–Trinajstić information content (AvgIpc) is 3.39. The van der Waals surface area contributed by atoms with Gasteiger partial charge in [-0.1, -0.05) is 36.4 Å². The summed E-state index contributed by atoms with van der Waals surface area (Å²) in [6, 6.07) is 34.8. The monoisotopic (exact) mass is 872 g/mol. The van der Waals surface area contributed by atoms with E-state index in [1.165, 1.54) is 71.6 Å². The van der Waals surface area contributed by atoms with Crippen LogP contribution in [0, 0.1) is 135 Å². The topological polar surface area (TPSA) is 363 Å². The molecule has 0 atom stereocenters. The van der Waals surface area contributed by atoms with Crippen LogP contribution in [0.5, 0.6) is 0 Å². The van der Waals surface area contributed by atoms with Gasteiger partial charge in [-0.2, -0.15) is 0 Å². The van der Waals surface area contributed by atoms with Gasteiger partial charge in [0.15, 0.2) is 0 Å². The zero-order valence-corrected chi connectivity index (χ0v) is 34.0. The van der Waals surface area contributed by atoms with Crippen molar-refractivity contribution in [2.75, 3.05) is 0 Å². The minimum Gasteiger partial charge on any atom is -0.255 e. The van der Waals surface area contributed by atoms with Crippen LogP contribution in [0.25, 0.3) is 34.2 Å². The first-order valence-electron chi connectivity index (χ1n) is 17.5. The third kappa shape index (κ3) is 18.0. The van der Waals surface area contributed by atoms with Crippen molar-refractivity contribution in [2.24, 2.45) is 0 Å². The van der Waals surface area contributed by atoms with Gasteiger partial charge in [-0.15, -0.1) is 71.6 Å². The zero-order chi connectivity index (χ0) is 46.7. The Bertz CT molecular complexity index is 2270. The standard InChI is InChI=1S/3C10H8N2.3C4BN4.Co/c3*1-3-7-11-9(5-1)10-6-2-4-8-12-10;3*6-1-5(2-7,3-8)4-9;/h3*1-8H;;;;/q;;;3*-1;+3. The van der Waals surface area contributed by atoms with Gasteiger partial charge in [-0.3, -0.25) is 29.9 Å². The Morgan fingerprint density at radius 1 is 0.234 bits per heavy atom. The Kier molecular flexibility index (Phi) is 25.5. The molecule has 0 bridgehead atoms. The van der Waals surface area contributed by atoms with Gasteiger partial charge in [-0.25, -0.2) is 63.1 Å². The summed E-state index contributed by atoms with van der Waals surface area (Å²) in [4.78, 5) is 25.1. The van der Waals surface area contributed by atoms with Crippen LogP contribution in [-0.2, 0) is 16.8 Å². The maximum Gasteiger partial charge on any atom is 3.00 e. The van der Waals surface area contributed by atoms with Gasteiger partial charge in [0.2, 0.25) is 0 Å². The van der Waals surface area contributed by atoms with Gasteiger partial charge in [0.25, 0.3) is 0 Å². The summed E-state index contributed by atoms with van der Waals surface area (Å²) in [5.74, 6) is 16.1. The maximum absolute atomic E-state index is 8.09. The van der Waals surface area contributed by atoms with E-state index in [0.717, 1.165) is 34.2 Å². The molecule has 0 saturated heterocycles. The predicted molar refractivity (Wildman–Crippen MR) is 227 cm³/mol. The molecule has 300 valence electrons. The van der Waals surface area contributed by atoms with Crippen LogP contribution in [0.15, 0.2) is 146 Å². The Labute approximate surface area is 378 Å². The average molecular weight is 872 g/mol. The molecule has 6 aromatic rings. The molecule has 0 fully saturated rings. The largest absolute Gasteiger partial charge is 3.00 e. The van der Waals surface area contributed by atoms with Crippen molar-refractivity contribution in [1.82, 2.24) is 29.9 Å². The molecule has 0 radical (unpaired) electrons. The van der Waals surface area contributed by atoms with E-state index in [9.17, 15) is 0 Å². The number of nitrogens with zero attached hydrogens (tertiary/aromatic N) is 18. The van der Waals surface area contributed by atoms with Crippen molar-refractivity contribution < 1.29 is 16.8 Å². The first-order valence-corrected chi connectivity index (χ1v) is 17.5. The number of rotatable bonds is 3. The van der Waals surface area contributed by atoms with Crippen molar-refractivity contribution in [3.8, 4) is 106 Å². The summed E-state index contributed by atoms with van der Waals surface area (Å²) in [5, 5.41) is 97.0. The van der Waals surface area contributed by atoms with E-state index in [-0.39, 0.29) is 16.8 Å². The first kappa shape index (κ1) is 53.5. The summed E-state index contributed by atoms with van der Waals surface area (Å²) in [6.07, 6.45) is 2.44. The molecule has 22 heteroatoms. The third-order valence-corrected chi connectivity index (χ3v) is 7.10. The predicted octanol–water partition coefficient (Wildman–Crippen LogP) is 5.49. The summed E-state index contributed by atoms with van der Waals surface area (Å²) in [5.41, 5.74) is 5.49.